The first-order valence-corrected chi connectivity index (χ1v) is 8.10. The third kappa shape index (κ3) is 3.02. The number of fused-ring (bicyclic) bond motifs is 1. The zero-order valence-electron chi connectivity index (χ0n) is 12.1. The maximum Gasteiger partial charge on any atom is 0.147 e. The molecule has 1 aliphatic rings. The monoisotopic (exact) mass is 349 g/mol. The van der Waals surface area contributed by atoms with Crippen LogP contribution in [0.3, 0.4) is 0 Å². The average molecular weight is 350 g/mol. The first-order valence-electron chi connectivity index (χ1n) is 7.31. The molecule has 0 amide bonds. The van der Waals surface area contributed by atoms with Crippen molar-refractivity contribution in [3.05, 3.63) is 46.5 Å². The third-order valence-electron chi connectivity index (χ3n) is 4.15. The summed E-state index contributed by atoms with van der Waals surface area (Å²) in [6, 6.07) is 8.80. The molecule has 1 aromatic heterocycles. The lowest BCUT2D eigenvalue weighted by atomic mass is 9.96. The lowest BCUT2D eigenvalue weighted by molar-refractivity contribution is 0.130. The van der Waals surface area contributed by atoms with E-state index in [0.29, 0.717) is 0 Å². The van der Waals surface area contributed by atoms with E-state index in [1.165, 1.54) is 5.56 Å². The van der Waals surface area contributed by atoms with E-state index in [2.05, 4.69) is 66.8 Å². The van der Waals surface area contributed by atoms with Gasteiger partial charge in [0.05, 0.1) is 12.6 Å². The molecule has 0 bridgehead atoms. The second-order valence-electron chi connectivity index (χ2n) is 5.48. The highest BCUT2D eigenvalue weighted by atomic mass is 79.9. The van der Waals surface area contributed by atoms with E-state index in [0.717, 1.165) is 36.4 Å². The van der Waals surface area contributed by atoms with Crippen LogP contribution in [0.25, 0.3) is 0 Å². The molecular weight excluding hydrogens is 330 g/mol. The van der Waals surface area contributed by atoms with Gasteiger partial charge in [0.25, 0.3) is 0 Å². The predicted molar refractivity (Wildman–Crippen MR) is 85.6 cm³/mol. The zero-order chi connectivity index (χ0) is 14.8. The van der Waals surface area contributed by atoms with Crippen molar-refractivity contribution in [3.63, 3.8) is 0 Å². The Bertz CT molecular complexity index is 594. The van der Waals surface area contributed by atoms with Gasteiger partial charge in [0.1, 0.15) is 12.2 Å². The zero-order valence-corrected chi connectivity index (χ0v) is 13.7. The van der Waals surface area contributed by atoms with Crippen LogP contribution in [-0.4, -0.2) is 32.3 Å². The third-order valence-corrected chi connectivity index (χ3v) is 4.68. The summed E-state index contributed by atoms with van der Waals surface area (Å²) in [4.78, 5) is 2.42. The van der Waals surface area contributed by atoms with Gasteiger partial charge >= 0.3 is 0 Å². The Morgan fingerprint density at radius 1 is 1.29 bits per heavy atom. The molecule has 2 N–H and O–H groups in total. The summed E-state index contributed by atoms with van der Waals surface area (Å²) >= 11 is 3.49. The lowest BCUT2D eigenvalue weighted by Gasteiger charge is -2.37. The Morgan fingerprint density at radius 2 is 2.05 bits per heavy atom. The lowest BCUT2D eigenvalue weighted by Crippen LogP contribution is -2.44. The van der Waals surface area contributed by atoms with Gasteiger partial charge < -0.3 is 10.3 Å². The smallest absolute Gasteiger partial charge is 0.147 e. The Kier molecular flexibility index (Phi) is 4.37. The summed E-state index contributed by atoms with van der Waals surface area (Å²) in [5, 5.41) is 8.20. The molecule has 2 aromatic rings. The van der Waals surface area contributed by atoms with Crippen LogP contribution in [0.2, 0.25) is 0 Å². The first kappa shape index (κ1) is 14.7. The highest BCUT2D eigenvalue weighted by Gasteiger charge is 2.29. The van der Waals surface area contributed by atoms with Crippen molar-refractivity contribution in [3.8, 4) is 0 Å². The number of aromatic nitrogens is 3. The minimum absolute atomic E-state index is 0.112. The summed E-state index contributed by atoms with van der Waals surface area (Å²) in [6.45, 7) is 4.84. The van der Waals surface area contributed by atoms with Crippen LogP contribution in [0, 0.1) is 0 Å². The van der Waals surface area contributed by atoms with E-state index in [1.54, 1.807) is 6.33 Å². The highest BCUT2D eigenvalue weighted by molar-refractivity contribution is 9.10. The molecule has 1 aromatic carbocycles. The number of halogens is 1. The van der Waals surface area contributed by atoms with Crippen LogP contribution in [0.4, 0.5) is 0 Å². The molecule has 0 fully saturated rings. The maximum atomic E-state index is 6.42. The quantitative estimate of drug-likeness (QED) is 0.920. The summed E-state index contributed by atoms with van der Waals surface area (Å²) in [6.07, 6.45) is 2.75. The standard InChI is InChI=1S/C15H20BrN5/c1-2-13(17)15(11-3-5-12(16)6-4-11)20-7-8-21-10-18-19-14(21)9-20/h3-6,10,13,15H,2,7-9,17H2,1H3. The number of benzene rings is 1. The fraction of sp³-hybridized carbons (Fsp3) is 0.467. The minimum atomic E-state index is 0.112. The molecule has 6 heteroatoms. The average Bonchev–Trinajstić information content (AvgIpc) is 2.97. The molecule has 2 unspecified atom stereocenters. The minimum Gasteiger partial charge on any atom is -0.326 e. The number of nitrogens with zero attached hydrogens (tertiary/aromatic N) is 4. The number of hydrogen-bond donors (Lipinski definition) is 1. The molecule has 2 atom stereocenters. The first-order chi connectivity index (χ1) is 10.2. The Morgan fingerprint density at radius 3 is 2.76 bits per heavy atom. The number of rotatable bonds is 4. The van der Waals surface area contributed by atoms with Crippen LogP contribution < -0.4 is 5.73 Å². The second kappa shape index (κ2) is 6.25. The van der Waals surface area contributed by atoms with Crippen molar-refractivity contribution in [1.82, 2.24) is 19.7 Å². The van der Waals surface area contributed by atoms with Gasteiger partial charge in [0.15, 0.2) is 0 Å². The van der Waals surface area contributed by atoms with Crippen LogP contribution in [0.15, 0.2) is 35.1 Å². The van der Waals surface area contributed by atoms with E-state index in [-0.39, 0.29) is 12.1 Å². The molecule has 5 nitrogen and oxygen atoms in total. The van der Waals surface area contributed by atoms with Crippen LogP contribution in [-0.2, 0) is 13.1 Å². The SMILES string of the molecule is CCC(N)C(c1ccc(Br)cc1)N1CCn2cnnc2C1. The summed E-state index contributed by atoms with van der Waals surface area (Å²) in [7, 11) is 0. The largest absolute Gasteiger partial charge is 0.326 e. The molecule has 0 aliphatic carbocycles. The predicted octanol–water partition coefficient (Wildman–Crippen LogP) is 2.33. The van der Waals surface area contributed by atoms with Crippen molar-refractivity contribution in [2.45, 2.75) is 38.5 Å². The maximum absolute atomic E-state index is 6.42. The topological polar surface area (TPSA) is 60.0 Å². The fourth-order valence-corrected chi connectivity index (χ4v) is 3.20. The van der Waals surface area contributed by atoms with Gasteiger partial charge in [0, 0.05) is 23.6 Å². The fourth-order valence-electron chi connectivity index (χ4n) is 2.93. The van der Waals surface area contributed by atoms with E-state index in [1.807, 2.05) is 0 Å². The molecule has 1 aliphatic heterocycles. The van der Waals surface area contributed by atoms with E-state index in [4.69, 9.17) is 5.73 Å². The number of hydrogen-bond acceptors (Lipinski definition) is 4. The molecular formula is C15H20BrN5. The molecule has 21 heavy (non-hydrogen) atoms. The molecule has 0 saturated carbocycles. The molecule has 3 rings (SSSR count). The van der Waals surface area contributed by atoms with E-state index < -0.39 is 0 Å². The summed E-state index contributed by atoms with van der Waals surface area (Å²) < 4.78 is 3.21. The Labute approximate surface area is 133 Å². The van der Waals surface area contributed by atoms with Crippen molar-refractivity contribution >= 4 is 15.9 Å². The summed E-state index contributed by atoms with van der Waals surface area (Å²) in [5.41, 5.74) is 7.68. The Hall–Kier alpha value is -1.24. The van der Waals surface area contributed by atoms with Crippen molar-refractivity contribution in [2.75, 3.05) is 6.54 Å². The molecule has 0 saturated heterocycles. The molecule has 112 valence electrons. The van der Waals surface area contributed by atoms with Gasteiger partial charge in [-0.15, -0.1) is 10.2 Å². The van der Waals surface area contributed by atoms with Crippen molar-refractivity contribution < 1.29 is 0 Å². The van der Waals surface area contributed by atoms with Crippen molar-refractivity contribution in [1.29, 1.82) is 0 Å². The Balaban J connectivity index is 1.88. The second-order valence-corrected chi connectivity index (χ2v) is 6.40. The van der Waals surface area contributed by atoms with E-state index >= 15 is 0 Å². The van der Waals surface area contributed by atoms with E-state index in [9.17, 15) is 0 Å². The molecule has 0 spiro atoms. The van der Waals surface area contributed by atoms with Gasteiger partial charge in [-0.2, -0.15) is 0 Å². The molecule has 0 radical (unpaired) electrons. The van der Waals surface area contributed by atoms with Crippen LogP contribution >= 0.6 is 15.9 Å². The van der Waals surface area contributed by atoms with Gasteiger partial charge in [-0.1, -0.05) is 35.0 Å². The highest BCUT2D eigenvalue weighted by Crippen LogP contribution is 2.29. The van der Waals surface area contributed by atoms with Gasteiger partial charge in [-0.25, -0.2) is 0 Å². The van der Waals surface area contributed by atoms with Crippen molar-refractivity contribution in [2.24, 2.45) is 5.73 Å². The molecule has 2 heterocycles. The summed E-state index contributed by atoms with van der Waals surface area (Å²) in [5.74, 6) is 1.02. The van der Waals surface area contributed by atoms with Crippen LogP contribution in [0.1, 0.15) is 30.8 Å². The van der Waals surface area contributed by atoms with Gasteiger partial charge in [-0.05, 0) is 24.1 Å². The number of nitrogens with two attached hydrogens (primary N) is 1. The normalized spacial score (nSPS) is 18.2. The van der Waals surface area contributed by atoms with Gasteiger partial charge in [-0.3, -0.25) is 4.90 Å². The van der Waals surface area contributed by atoms with Crippen LogP contribution in [0.5, 0.6) is 0 Å². The van der Waals surface area contributed by atoms with Gasteiger partial charge in [0.2, 0.25) is 0 Å².